The van der Waals surface area contributed by atoms with Gasteiger partial charge in [0.2, 0.25) is 0 Å². The average Bonchev–Trinajstić information content (AvgIpc) is 2.72. The highest BCUT2D eigenvalue weighted by Gasteiger charge is 2.14. The Morgan fingerprint density at radius 2 is 2.00 bits per heavy atom. The molecule has 0 saturated heterocycles. The van der Waals surface area contributed by atoms with Crippen LogP contribution in [0.15, 0.2) is 24.3 Å². The van der Waals surface area contributed by atoms with E-state index >= 15 is 0 Å². The van der Waals surface area contributed by atoms with Crippen molar-refractivity contribution in [3.8, 4) is 0 Å². The first-order valence-electron chi connectivity index (χ1n) is 6.77. The molecule has 0 amide bonds. The zero-order valence-electron chi connectivity index (χ0n) is 12.4. The number of carbonyl (C=O) groups excluding carboxylic acids is 1. The third kappa shape index (κ3) is 2.59. The molecule has 0 aliphatic carbocycles. The number of esters is 1. The molecule has 0 fully saturated rings. The van der Waals surface area contributed by atoms with E-state index in [0.29, 0.717) is 12.1 Å². The molecule has 1 aromatic carbocycles. The molecule has 2 aromatic rings. The number of methoxy groups -OCH3 is 1. The van der Waals surface area contributed by atoms with Gasteiger partial charge in [-0.3, -0.25) is 4.68 Å². The summed E-state index contributed by atoms with van der Waals surface area (Å²) in [5.41, 5.74) is 5.01. The lowest BCUT2D eigenvalue weighted by molar-refractivity contribution is 0.0599. The summed E-state index contributed by atoms with van der Waals surface area (Å²) >= 11 is 0. The molecule has 0 spiro atoms. The van der Waals surface area contributed by atoms with E-state index in [0.717, 1.165) is 23.4 Å². The van der Waals surface area contributed by atoms with Gasteiger partial charge in [-0.1, -0.05) is 25.1 Å². The van der Waals surface area contributed by atoms with Crippen molar-refractivity contribution in [2.75, 3.05) is 7.11 Å². The molecule has 0 atom stereocenters. The number of ether oxygens (including phenoxy) is 1. The van der Waals surface area contributed by atoms with Crippen LogP contribution < -0.4 is 0 Å². The van der Waals surface area contributed by atoms with Crippen molar-refractivity contribution in [1.82, 2.24) is 9.78 Å². The van der Waals surface area contributed by atoms with Gasteiger partial charge >= 0.3 is 5.97 Å². The lowest BCUT2D eigenvalue weighted by Crippen LogP contribution is -2.11. The summed E-state index contributed by atoms with van der Waals surface area (Å²) in [6.45, 7) is 6.80. The van der Waals surface area contributed by atoms with Gasteiger partial charge in [0.05, 0.1) is 24.9 Å². The Labute approximate surface area is 119 Å². The first kappa shape index (κ1) is 14.3. The standard InChI is InChI=1S/C16H20N2O2/c1-5-14-11(2)17-18(12(14)3)10-13-8-6-7-9-15(13)16(19)20-4/h6-9H,5,10H2,1-4H3. The second-order valence-corrected chi connectivity index (χ2v) is 4.81. The van der Waals surface area contributed by atoms with Crippen LogP contribution in [-0.2, 0) is 17.7 Å². The van der Waals surface area contributed by atoms with Gasteiger partial charge in [0.25, 0.3) is 0 Å². The molecule has 0 aliphatic heterocycles. The summed E-state index contributed by atoms with van der Waals surface area (Å²) in [5, 5.41) is 4.57. The number of aryl methyl sites for hydroxylation is 1. The van der Waals surface area contributed by atoms with Gasteiger partial charge in [-0.05, 0) is 37.5 Å². The quantitative estimate of drug-likeness (QED) is 0.804. The number of hydrogen-bond donors (Lipinski definition) is 0. The maximum atomic E-state index is 11.8. The lowest BCUT2D eigenvalue weighted by Gasteiger charge is -2.09. The molecule has 0 unspecified atom stereocenters. The number of nitrogens with zero attached hydrogens (tertiary/aromatic N) is 2. The third-order valence-electron chi connectivity index (χ3n) is 3.63. The van der Waals surface area contributed by atoms with E-state index < -0.39 is 0 Å². The third-order valence-corrected chi connectivity index (χ3v) is 3.63. The van der Waals surface area contributed by atoms with Crippen LogP contribution in [0.2, 0.25) is 0 Å². The van der Waals surface area contributed by atoms with Crippen molar-refractivity contribution < 1.29 is 9.53 Å². The van der Waals surface area contributed by atoms with Crippen LogP contribution in [0.5, 0.6) is 0 Å². The van der Waals surface area contributed by atoms with Crippen molar-refractivity contribution in [2.45, 2.75) is 33.7 Å². The second kappa shape index (κ2) is 5.90. The maximum absolute atomic E-state index is 11.8. The van der Waals surface area contributed by atoms with Gasteiger partial charge in [-0.2, -0.15) is 5.10 Å². The lowest BCUT2D eigenvalue weighted by atomic mass is 10.1. The Hall–Kier alpha value is -2.10. The van der Waals surface area contributed by atoms with Gasteiger partial charge in [0.1, 0.15) is 0 Å². The summed E-state index contributed by atoms with van der Waals surface area (Å²) in [4.78, 5) is 11.8. The normalized spacial score (nSPS) is 10.6. The van der Waals surface area contributed by atoms with Crippen LogP contribution >= 0.6 is 0 Å². The summed E-state index contributed by atoms with van der Waals surface area (Å²) < 4.78 is 6.78. The maximum Gasteiger partial charge on any atom is 0.338 e. The summed E-state index contributed by atoms with van der Waals surface area (Å²) in [6.07, 6.45) is 0.969. The Bertz CT molecular complexity index is 629. The minimum absolute atomic E-state index is 0.308. The predicted molar refractivity (Wildman–Crippen MR) is 78.0 cm³/mol. The van der Waals surface area contributed by atoms with E-state index in [9.17, 15) is 4.79 Å². The number of benzene rings is 1. The summed E-state index contributed by atoms with van der Waals surface area (Å²) in [5.74, 6) is -0.308. The van der Waals surface area contributed by atoms with Crippen LogP contribution in [0.3, 0.4) is 0 Å². The largest absolute Gasteiger partial charge is 0.465 e. The molecule has 0 radical (unpaired) electrons. The monoisotopic (exact) mass is 272 g/mol. The van der Waals surface area contributed by atoms with Crippen molar-refractivity contribution >= 4 is 5.97 Å². The molecular weight excluding hydrogens is 252 g/mol. The van der Waals surface area contributed by atoms with E-state index in [1.54, 1.807) is 6.07 Å². The van der Waals surface area contributed by atoms with Crippen molar-refractivity contribution in [3.05, 3.63) is 52.3 Å². The van der Waals surface area contributed by atoms with Gasteiger partial charge in [0.15, 0.2) is 0 Å². The molecule has 20 heavy (non-hydrogen) atoms. The first-order valence-corrected chi connectivity index (χ1v) is 6.77. The fourth-order valence-corrected chi connectivity index (χ4v) is 2.53. The summed E-state index contributed by atoms with van der Waals surface area (Å²) in [6, 6.07) is 7.49. The van der Waals surface area contributed by atoms with E-state index in [1.807, 2.05) is 29.8 Å². The Balaban J connectivity index is 2.38. The predicted octanol–water partition coefficient (Wildman–Crippen LogP) is 2.90. The second-order valence-electron chi connectivity index (χ2n) is 4.81. The van der Waals surface area contributed by atoms with Gasteiger partial charge < -0.3 is 4.74 Å². The van der Waals surface area contributed by atoms with Crippen LogP contribution in [0, 0.1) is 13.8 Å². The van der Waals surface area contributed by atoms with Crippen LogP contribution in [0.25, 0.3) is 0 Å². The van der Waals surface area contributed by atoms with Gasteiger partial charge in [-0.25, -0.2) is 4.79 Å². The fourth-order valence-electron chi connectivity index (χ4n) is 2.53. The molecule has 4 heteroatoms. The van der Waals surface area contributed by atoms with Crippen LogP contribution in [0.4, 0.5) is 0 Å². The Morgan fingerprint density at radius 3 is 2.60 bits per heavy atom. The first-order chi connectivity index (χ1) is 9.58. The Kier molecular flexibility index (Phi) is 4.23. The Morgan fingerprint density at radius 1 is 1.30 bits per heavy atom. The molecule has 0 bridgehead atoms. The van der Waals surface area contributed by atoms with E-state index in [-0.39, 0.29) is 5.97 Å². The van der Waals surface area contributed by atoms with Gasteiger partial charge in [-0.15, -0.1) is 0 Å². The van der Waals surface area contributed by atoms with Crippen molar-refractivity contribution in [2.24, 2.45) is 0 Å². The SMILES string of the molecule is CCc1c(C)nn(Cc2ccccc2C(=O)OC)c1C. The van der Waals surface area contributed by atoms with E-state index in [4.69, 9.17) is 4.74 Å². The van der Waals surface area contributed by atoms with Crippen LogP contribution in [0.1, 0.15) is 39.8 Å². The number of aromatic nitrogens is 2. The van der Waals surface area contributed by atoms with Gasteiger partial charge in [0, 0.05) is 5.69 Å². The average molecular weight is 272 g/mol. The molecule has 0 N–H and O–H groups in total. The highest BCUT2D eigenvalue weighted by atomic mass is 16.5. The minimum Gasteiger partial charge on any atom is -0.465 e. The highest BCUT2D eigenvalue weighted by molar-refractivity contribution is 5.90. The smallest absolute Gasteiger partial charge is 0.338 e. The molecule has 1 heterocycles. The minimum atomic E-state index is -0.308. The van der Waals surface area contributed by atoms with Crippen molar-refractivity contribution in [1.29, 1.82) is 0 Å². The van der Waals surface area contributed by atoms with E-state index in [2.05, 4.69) is 18.9 Å². The molecule has 4 nitrogen and oxygen atoms in total. The zero-order chi connectivity index (χ0) is 14.7. The zero-order valence-corrected chi connectivity index (χ0v) is 12.4. The molecule has 0 aliphatic rings. The number of hydrogen-bond acceptors (Lipinski definition) is 3. The van der Waals surface area contributed by atoms with Crippen molar-refractivity contribution in [3.63, 3.8) is 0 Å². The summed E-state index contributed by atoms with van der Waals surface area (Å²) in [7, 11) is 1.40. The van der Waals surface area contributed by atoms with E-state index in [1.165, 1.54) is 12.7 Å². The number of rotatable bonds is 4. The highest BCUT2D eigenvalue weighted by Crippen LogP contribution is 2.17. The number of carbonyl (C=O) groups is 1. The molecule has 2 rings (SSSR count). The molecule has 1 aromatic heterocycles. The molecular formula is C16H20N2O2. The van der Waals surface area contributed by atoms with Crippen LogP contribution in [-0.4, -0.2) is 22.9 Å². The molecule has 106 valence electrons. The topological polar surface area (TPSA) is 44.1 Å². The molecule has 0 saturated carbocycles. The fraction of sp³-hybridized carbons (Fsp3) is 0.375.